The molecular formula is C19H24ClN3O. The second-order valence-electron chi connectivity index (χ2n) is 6.75. The molecule has 0 saturated carbocycles. The van der Waals surface area contributed by atoms with E-state index >= 15 is 0 Å². The molecule has 1 N–H and O–H groups in total. The Labute approximate surface area is 148 Å². The van der Waals surface area contributed by atoms with Crippen LogP contribution in [0.25, 0.3) is 11.4 Å². The van der Waals surface area contributed by atoms with Gasteiger partial charge in [-0.15, -0.1) is 0 Å². The SMILES string of the molecule is CCC1(CO)CCCN(Cc2cnc(-c3ccc(Cl)cc3)nc2)C1. The smallest absolute Gasteiger partial charge is 0.159 e. The predicted octanol–water partition coefficient (Wildman–Crippen LogP) is 3.78. The molecule has 0 radical (unpaired) electrons. The Hall–Kier alpha value is -1.49. The molecule has 1 atom stereocenters. The zero-order valence-electron chi connectivity index (χ0n) is 14.1. The summed E-state index contributed by atoms with van der Waals surface area (Å²) in [7, 11) is 0. The van der Waals surface area contributed by atoms with Crippen LogP contribution in [0.1, 0.15) is 31.7 Å². The van der Waals surface area contributed by atoms with Gasteiger partial charge in [-0.05, 0) is 50.1 Å². The van der Waals surface area contributed by atoms with Crippen LogP contribution in [0.4, 0.5) is 0 Å². The molecule has 1 aromatic carbocycles. The Morgan fingerprint density at radius 2 is 1.92 bits per heavy atom. The lowest BCUT2D eigenvalue weighted by molar-refractivity contribution is 0.0257. The number of likely N-dealkylation sites (tertiary alicyclic amines) is 1. The Morgan fingerprint density at radius 3 is 2.54 bits per heavy atom. The standard InChI is InChI=1S/C19H24ClN3O/c1-2-19(14-24)8-3-9-23(13-19)12-15-10-21-18(22-11-15)16-4-6-17(20)7-5-16/h4-7,10-11,24H,2-3,8-9,12-14H2,1H3. The molecule has 0 aliphatic carbocycles. The maximum Gasteiger partial charge on any atom is 0.159 e. The first kappa shape index (κ1) is 17.3. The summed E-state index contributed by atoms with van der Waals surface area (Å²) < 4.78 is 0. The third kappa shape index (κ3) is 3.94. The van der Waals surface area contributed by atoms with Crippen LogP contribution in [-0.4, -0.2) is 39.7 Å². The van der Waals surface area contributed by atoms with Crippen molar-refractivity contribution < 1.29 is 5.11 Å². The van der Waals surface area contributed by atoms with Gasteiger partial charge in [-0.1, -0.05) is 18.5 Å². The van der Waals surface area contributed by atoms with E-state index < -0.39 is 0 Å². The second kappa shape index (κ2) is 7.60. The molecule has 1 unspecified atom stereocenters. The molecular weight excluding hydrogens is 322 g/mol. The fraction of sp³-hybridized carbons (Fsp3) is 0.474. The Bertz CT molecular complexity index is 653. The highest BCUT2D eigenvalue weighted by molar-refractivity contribution is 6.30. The molecule has 1 aliphatic heterocycles. The first-order valence-corrected chi connectivity index (χ1v) is 8.92. The minimum absolute atomic E-state index is 0.0579. The zero-order valence-corrected chi connectivity index (χ0v) is 14.8. The molecule has 5 heteroatoms. The van der Waals surface area contributed by atoms with E-state index in [9.17, 15) is 5.11 Å². The number of aromatic nitrogens is 2. The van der Waals surface area contributed by atoms with Gasteiger partial charge in [0.25, 0.3) is 0 Å². The largest absolute Gasteiger partial charge is 0.396 e. The van der Waals surface area contributed by atoms with Crippen molar-refractivity contribution in [2.45, 2.75) is 32.7 Å². The summed E-state index contributed by atoms with van der Waals surface area (Å²) >= 11 is 5.92. The van der Waals surface area contributed by atoms with E-state index in [4.69, 9.17) is 11.6 Å². The first-order valence-electron chi connectivity index (χ1n) is 8.54. The Morgan fingerprint density at radius 1 is 1.21 bits per heavy atom. The number of hydrogen-bond acceptors (Lipinski definition) is 4. The lowest BCUT2D eigenvalue weighted by atomic mass is 9.78. The average molecular weight is 346 g/mol. The van der Waals surface area contributed by atoms with Crippen LogP contribution in [0.15, 0.2) is 36.7 Å². The van der Waals surface area contributed by atoms with E-state index in [2.05, 4.69) is 21.8 Å². The van der Waals surface area contributed by atoms with Crippen LogP contribution in [0.2, 0.25) is 5.02 Å². The van der Waals surface area contributed by atoms with Crippen molar-refractivity contribution in [2.24, 2.45) is 5.41 Å². The second-order valence-corrected chi connectivity index (χ2v) is 7.18. The molecule has 1 aliphatic rings. The number of aliphatic hydroxyl groups is 1. The molecule has 0 bridgehead atoms. The number of nitrogens with zero attached hydrogens (tertiary/aromatic N) is 3. The molecule has 2 heterocycles. The summed E-state index contributed by atoms with van der Waals surface area (Å²) in [5.74, 6) is 0.715. The lowest BCUT2D eigenvalue weighted by Gasteiger charge is -2.41. The summed E-state index contributed by atoms with van der Waals surface area (Å²) in [6.45, 7) is 5.29. The minimum Gasteiger partial charge on any atom is -0.396 e. The normalized spacial score (nSPS) is 21.8. The third-order valence-corrected chi connectivity index (χ3v) is 5.29. The zero-order chi connectivity index (χ0) is 17.0. The molecule has 3 rings (SSSR count). The van der Waals surface area contributed by atoms with Gasteiger partial charge in [-0.2, -0.15) is 0 Å². The van der Waals surface area contributed by atoms with Crippen molar-refractivity contribution >= 4 is 11.6 Å². The van der Waals surface area contributed by atoms with Gasteiger partial charge >= 0.3 is 0 Å². The van der Waals surface area contributed by atoms with Crippen LogP contribution in [0, 0.1) is 5.41 Å². The number of benzene rings is 1. The molecule has 0 amide bonds. The van der Waals surface area contributed by atoms with Crippen LogP contribution in [-0.2, 0) is 6.54 Å². The van der Waals surface area contributed by atoms with Gasteiger partial charge in [-0.25, -0.2) is 9.97 Å². The quantitative estimate of drug-likeness (QED) is 0.895. The van der Waals surface area contributed by atoms with Gasteiger partial charge in [0.05, 0.1) is 0 Å². The molecule has 0 spiro atoms. The molecule has 1 aromatic heterocycles. The van der Waals surface area contributed by atoms with Gasteiger partial charge in [0.15, 0.2) is 5.82 Å². The van der Waals surface area contributed by atoms with Crippen LogP contribution >= 0.6 is 11.6 Å². The first-order chi connectivity index (χ1) is 11.6. The summed E-state index contributed by atoms with van der Waals surface area (Å²) in [6, 6.07) is 7.56. The lowest BCUT2D eigenvalue weighted by Crippen LogP contribution is -2.44. The van der Waals surface area contributed by atoms with E-state index in [-0.39, 0.29) is 12.0 Å². The molecule has 24 heavy (non-hydrogen) atoms. The number of aliphatic hydroxyl groups excluding tert-OH is 1. The molecule has 1 fully saturated rings. The molecule has 2 aromatic rings. The van der Waals surface area contributed by atoms with Gasteiger partial charge in [-0.3, -0.25) is 4.90 Å². The van der Waals surface area contributed by atoms with Crippen molar-refractivity contribution in [1.29, 1.82) is 0 Å². The Kier molecular flexibility index (Phi) is 5.49. The summed E-state index contributed by atoms with van der Waals surface area (Å²) in [4.78, 5) is 11.4. The van der Waals surface area contributed by atoms with Gasteiger partial charge in [0.2, 0.25) is 0 Å². The summed E-state index contributed by atoms with van der Waals surface area (Å²) in [5, 5.41) is 10.5. The number of halogens is 1. The van der Waals surface area contributed by atoms with Crippen molar-refractivity contribution in [3.8, 4) is 11.4 Å². The average Bonchev–Trinajstić information content (AvgIpc) is 2.63. The predicted molar refractivity (Wildman–Crippen MR) is 96.8 cm³/mol. The number of rotatable bonds is 5. The Balaban J connectivity index is 1.67. The van der Waals surface area contributed by atoms with Gasteiger partial charge in [0.1, 0.15) is 0 Å². The van der Waals surface area contributed by atoms with Crippen molar-refractivity contribution in [2.75, 3.05) is 19.7 Å². The highest BCUT2D eigenvalue weighted by Gasteiger charge is 2.33. The minimum atomic E-state index is 0.0579. The third-order valence-electron chi connectivity index (χ3n) is 5.04. The molecule has 4 nitrogen and oxygen atoms in total. The number of piperidine rings is 1. The van der Waals surface area contributed by atoms with E-state index in [1.807, 2.05) is 36.7 Å². The van der Waals surface area contributed by atoms with Crippen LogP contribution < -0.4 is 0 Å². The van der Waals surface area contributed by atoms with Crippen LogP contribution in [0.3, 0.4) is 0 Å². The van der Waals surface area contributed by atoms with Crippen molar-refractivity contribution in [3.63, 3.8) is 0 Å². The van der Waals surface area contributed by atoms with Gasteiger partial charge < -0.3 is 5.11 Å². The summed E-state index contributed by atoms with van der Waals surface area (Å²) in [5.41, 5.74) is 2.13. The fourth-order valence-electron chi connectivity index (χ4n) is 3.42. The van der Waals surface area contributed by atoms with Crippen molar-refractivity contribution in [1.82, 2.24) is 14.9 Å². The monoisotopic (exact) mass is 345 g/mol. The highest BCUT2D eigenvalue weighted by Crippen LogP contribution is 2.33. The van der Waals surface area contributed by atoms with E-state index in [0.717, 1.165) is 50.0 Å². The molecule has 128 valence electrons. The molecule has 1 saturated heterocycles. The maximum atomic E-state index is 9.75. The van der Waals surface area contributed by atoms with E-state index in [1.165, 1.54) is 0 Å². The topological polar surface area (TPSA) is 49.2 Å². The van der Waals surface area contributed by atoms with Gasteiger partial charge in [0, 0.05) is 53.7 Å². The fourth-order valence-corrected chi connectivity index (χ4v) is 3.54. The highest BCUT2D eigenvalue weighted by atomic mass is 35.5. The van der Waals surface area contributed by atoms with Crippen LogP contribution in [0.5, 0.6) is 0 Å². The van der Waals surface area contributed by atoms with Crippen molar-refractivity contribution in [3.05, 3.63) is 47.2 Å². The maximum absolute atomic E-state index is 9.75. The summed E-state index contributed by atoms with van der Waals surface area (Å²) in [6.07, 6.45) is 7.07. The van der Waals surface area contributed by atoms with E-state index in [0.29, 0.717) is 10.8 Å². The number of hydrogen-bond donors (Lipinski definition) is 1. The van der Waals surface area contributed by atoms with E-state index in [1.54, 1.807) is 0 Å².